The maximum atomic E-state index is 11.3. The molecule has 188 valence electrons. The van der Waals surface area contributed by atoms with E-state index in [1.54, 1.807) is 6.33 Å². The fourth-order valence-corrected chi connectivity index (χ4v) is 4.78. The van der Waals surface area contributed by atoms with Gasteiger partial charge in [-0.3, -0.25) is 9.69 Å². The molecule has 1 aliphatic rings. The lowest BCUT2D eigenvalue weighted by Gasteiger charge is -2.18. The van der Waals surface area contributed by atoms with Crippen molar-refractivity contribution in [3.8, 4) is 11.1 Å². The average Bonchev–Trinajstić information content (AvgIpc) is 3.34. The molecule has 1 unspecified atom stereocenters. The summed E-state index contributed by atoms with van der Waals surface area (Å²) in [6, 6.07) is 12.6. The van der Waals surface area contributed by atoms with E-state index < -0.39 is 5.97 Å². The first-order valence-corrected chi connectivity index (χ1v) is 12.5. The van der Waals surface area contributed by atoms with Crippen LogP contribution in [-0.2, 0) is 29.2 Å². The highest BCUT2D eigenvalue weighted by molar-refractivity contribution is 5.98. The fraction of sp³-hybridized carbons (Fsp3) is 0.379. The van der Waals surface area contributed by atoms with Crippen molar-refractivity contribution in [1.82, 2.24) is 14.9 Å². The normalized spacial score (nSPS) is 16.3. The van der Waals surface area contributed by atoms with Gasteiger partial charge in [-0.25, -0.2) is 9.97 Å². The van der Waals surface area contributed by atoms with Crippen LogP contribution in [0.15, 0.2) is 54.1 Å². The van der Waals surface area contributed by atoms with Crippen molar-refractivity contribution in [1.29, 1.82) is 0 Å². The van der Waals surface area contributed by atoms with E-state index in [1.165, 1.54) is 11.1 Å². The molecular formula is C29H34N4O3. The molecule has 0 saturated carbocycles. The van der Waals surface area contributed by atoms with E-state index in [-0.39, 0.29) is 5.92 Å². The van der Waals surface area contributed by atoms with E-state index in [2.05, 4.69) is 70.3 Å². The second kappa shape index (κ2) is 11.4. The number of aromatic nitrogens is 2. The molecule has 36 heavy (non-hydrogen) atoms. The third-order valence-electron chi connectivity index (χ3n) is 6.95. The first kappa shape index (κ1) is 25.5. The molecule has 7 nitrogen and oxygen atoms in total. The number of benzene rings is 2. The van der Waals surface area contributed by atoms with Gasteiger partial charge in [0.1, 0.15) is 12.9 Å². The van der Waals surface area contributed by atoms with Crippen molar-refractivity contribution in [2.24, 2.45) is 11.1 Å². The van der Waals surface area contributed by atoms with Crippen molar-refractivity contribution in [3.63, 3.8) is 0 Å². The van der Waals surface area contributed by atoms with Crippen molar-refractivity contribution in [2.75, 3.05) is 13.1 Å². The molecule has 0 spiro atoms. The molecule has 7 heteroatoms. The maximum absolute atomic E-state index is 11.3. The molecule has 0 aliphatic carbocycles. The topological polar surface area (TPSA) is 87.9 Å². The lowest BCUT2D eigenvalue weighted by Crippen LogP contribution is -2.23. The summed E-state index contributed by atoms with van der Waals surface area (Å²) < 4.78 is 0. The van der Waals surface area contributed by atoms with Crippen LogP contribution in [0, 0.1) is 19.8 Å². The zero-order valence-corrected chi connectivity index (χ0v) is 21.5. The Morgan fingerprint density at radius 2 is 2.00 bits per heavy atom. The third-order valence-corrected chi connectivity index (χ3v) is 6.95. The summed E-state index contributed by atoms with van der Waals surface area (Å²) >= 11 is 0. The van der Waals surface area contributed by atoms with Gasteiger partial charge in [0.05, 0.1) is 11.6 Å². The molecule has 3 aromatic rings. The smallest absolute Gasteiger partial charge is 0.307 e. The van der Waals surface area contributed by atoms with Crippen LogP contribution in [0.2, 0.25) is 0 Å². The van der Waals surface area contributed by atoms with E-state index in [4.69, 9.17) is 4.84 Å². The van der Waals surface area contributed by atoms with Gasteiger partial charge in [-0.2, -0.15) is 0 Å². The Labute approximate surface area is 212 Å². The molecule has 1 saturated heterocycles. The number of hydrogen-bond donors (Lipinski definition) is 1. The van der Waals surface area contributed by atoms with E-state index >= 15 is 0 Å². The summed E-state index contributed by atoms with van der Waals surface area (Å²) in [5, 5.41) is 13.6. The summed E-state index contributed by atoms with van der Waals surface area (Å²) in [4.78, 5) is 27.7. The Balaban J connectivity index is 1.39. The van der Waals surface area contributed by atoms with E-state index in [0.717, 1.165) is 65.2 Å². The molecule has 1 aromatic heterocycles. The minimum atomic E-state index is -0.692. The van der Waals surface area contributed by atoms with Gasteiger partial charge >= 0.3 is 5.97 Å². The van der Waals surface area contributed by atoms with Crippen LogP contribution >= 0.6 is 0 Å². The second-order valence-corrected chi connectivity index (χ2v) is 9.52. The van der Waals surface area contributed by atoms with Crippen molar-refractivity contribution in [3.05, 3.63) is 82.4 Å². The van der Waals surface area contributed by atoms with Gasteiger partial charge in [0.15, 0.2) is 0 Å². The molecule has 1 fully saturated rings. The predicted octanol–water partition coefficient (Wildman–Crippen LogP) is 5.17. The van der Waals surface area contributed by atoms with Gasteiger partial charge in [0, 0.05) is 30.5 Å². The number of aryl methyl sites for hydroxylation is 3. The minimum Gasteiger partial charge on any atom is -0.481 e. The maximum Gasteiger partial charge on any atom is 0.307 e. The zero-order valence-electron chi connectivity index (χ0n) is 21.5. The van der Waals surface area contributed by atoms with Crippen LogP contribution in [0.25, 0.3) is 11.1 Å². The molecule has 1 atom stereocenters. The van der Waals surface area contributed by atoms with Crippen LogP contribution < -0.4 is 0 Å². The molecule has 1 N–H and O–H groups in total. The lowest BCUT2D eigenvalue weighted by atomic mass is 9.99. The summed E-state index contributed by atoms with van der Waals surface area (Å²) in [5.74, 6) is -0.945. The van der Waals surface area contributed by atoms with Gasteiger partial charge in [0.2, 0.25) is 0 Å². The van der Waals surface area contributed by atoms with Gasteiger partial charge in [-0.15, -0.1) is 0 Å². The van der Waals surface area contributed by atoms with E-state index in [0.29, 0.717) is 13.2 Å². The third kappa shape index (κ3) is 5.97. The Hall–Kier alpha value is -3.58. The number of rotatable bonds is 9. The van der Waals surface area contributed by atoms with Crippen molar-refractivity contribution >= 4 is 11.7 Å². The standard InChI is InChI=1S/C29H34N4O3/c1-5-23-13-24(7-8-25(23)15-33-11-10-26(16-33)29(34)35)20(3)32-36-17-22-6-9-27(19(2)12-22)28-14-30-18-31-21(28)4/h6-9,12-14,18,26H,5,10-11,15-17H2,1-4H3,(H,34,35). The van der Waals surface area contributed by atoms with Crippen LogP contribution in [-0.4, -0.2) is 44.7 Å². The van der Waals surface area contributed by atoms with Crippen molar-refractivity contribution in [2.45, 2.75) is 53.7 Å². The Morgan fingerprint density at radius 3 is 2.69 bits per heavy atom. The summed E-state index contributed by atoms with van der Waals surface area (Å²) in [6.45, 7) is 10.8. The predicted molar refractivity (Wildman–Crippen MR) is 141 cm³/mol. The first-order valence-electron chi connectivity index (χ1n) is 12.5. The van der Waals surface area contributed by atoms with Crippen LogP contribution in [0.3, 0.4) is 0 Å². The number of carbonyl (C=O) groups is 1. The molecule has 0 bridgehead atoms. The molecule has 2 heterocycles. The number of carboxylic acid groups (broad SMARTS) is 1. The SMILES string of the molecule is CCc1cc(C(C)=NOCc2ccc(-c3cncnc3C)c(C)c2)ccc1CN1CCC(C(=O)O)C1. The van der Waals surface area contributed by atoms with Gasteiger partial charge in [0.25, 0.3) is 0 Å². The van der Waals surface area contributed by atoms with Gasteiger partial charge in [-0.05, 0) is 79.6 Å². The molecule has 4 rings (SSSR count). The van der Waals surface area contributed by atoms with E-state index in [9.17, 15) is 9.90 Å². The second-order valence-electron chi connectivity index (χ2n) is 9.52. The van der Waals surface area contributed by atoms with Crippen LogP contribution in [0.1, 0.15) is 53.8 Å². The highest BCUT2D eigenvalue weighted by atomic mass is 16.6. The van der Waals surface area contributed by atoms with Crippen LogP contribution in [0.5, 0.6) is 0 Å². The number of hydrogen-bond acceptors (Lipinski definition) is 6. The highest BCUT2D eigenvalue weighted by Crippen LogP contribution is 2.26. The summed E-state index contributed by atoms with van der Waals surface area (Å²) in [5.41, 5.74) is 9.68. The minimum absolute atomic E-state index is 0.252. The van der Waals surface area contributed by atoms with Gasteiger partial charge < -0.3 is 9.94 Å². The van der Waals surface area contributed by atoms with E-state index in [1.807, 2.05) is 20.0 Å². The number of likely N-dealkylation sites (tertiary alicyclic amines) is 1. The lowest BCUT2D eigenvalue weighted by molar-refractivity contribution is -0.141. The molecule has 1 aliphatic heterocycles. The zero-order chi connectivity index (χ0) is 25.7. The number of carboxylic acids is 1. The fourth-order valence-electron chi connectivity index (χ4n) is 4.78. The Bertz CT molecular complexity index is 1270. The Morgan fingerprint density at radius 1 is 1.17 bits per heavy atom. The largest absolute Gasteiger partial charge is 0.481 e. The summed E-state index contributed by atoms with van der Waals surface area (Å²) in [7, 11) is 0. The number of oxime groups is 1. The Kier molecular flexibility index (Phi) is 8.10. The quantitative estimate of drug-likeness (QED) is 0.332. The molecule has 2 aromatic carbocycles. The molecule has 0 radical (unpaired) electrons. The highest BCUT2D eigenvalue weighted by Gasteiger charge is 2.28. The molecular weight excluding hydrogens is 452 g/mol. The van der Waals surface area contributed by atoms with Crippen LogP contribution in [0.4, 0.5) is 0 Å². The average molecular weight is 487 g/mol. The monoisotopic (exact) mass is 486 g/mol. The number of nitrogens with zero attached hydrogens (tertiary/aromatic N) is 4. The molecule has 0 amide bonds. The first-order chi connectivity index (χ1) is 17.4. The summed E-state index contributed by atoms with van der Waals surface area (Å²) in [6.07, 6.45) is 5.05. The van der Waals surface area contributed by atoms with Crippen molar-refractivity contribution < 1.29 is 14.7 Å². The number of aliphatic carboxylic acids is 1. The van der Waals surface area contributed by atoms with Gasteiger partial charge in [-0.1, -0.05) is 42.4 Å².